The molecular formula is C27H35N5O5. The molecule has 0 atom stereocenters. The maximum Gasteiger partial charge on any atom is 0.293 e. The van der Waals surface area contributed by atoms with Crippen molar-refractivity contribution in [3.63, 3.8) is 0 Å². The lowest BCUT2D eigenvalue weighted by Crippen LogP contribution is -2.38. The molecule has 2 aromatic rings. The molecule has 0 radical (unpaired) electrons. The van der Waals surface area contributed by atoms with Crippen molar-refractivity contribution in [2.75, 3.05) is 37.8 Å². The van der Waals surface area contributed by atoms with E-state index in [0.717, 1.165) is 17.5 Å². The van der Waals surface area contributed by atoms with Gasteiger partial charge < -0.3 is 30.4 Å². The number of nitrogens with two attached hydrogens (primary N) is 2. The first kappa shape index (κ1) is 27.7. The number of rotatable bonds is 13. The minimum Gasteiger partial charge on any atom is -0.466 e. The van der Waals surface area contributed by atoms with Gasteiger partial charge in [0, 0.05) is 37.1 Å². The topological polar surface area (TPSA) is 140 Å². The molecule has 5 N–H and O–H groups in total. The van der Waals surface area contributed by atoms with Gasteiger partial charge in [0.25, 0.3) is 6.47 Å². The Morgan fingerprint density at radius 1 is 1.05 bits per heavy atom. The summed E-state index contributed by atoms with van der Waals surface area (Å²) in [5, 5.41) is 4.26. The van der Waals surface area contributed by atoms with E-state index in [1.165, 1.54) is 5.01 Å². The summed E-state index contributed by atoms with van der Waals surface area (Å²) in [5.41, 5.74) is 10.6. The summed E-state index contributed by atoms with van der Waals surface area (Å²) in [5.74, 6) is 6.08. The first-order valence-corrected chi connectivity index (χ1v) is 12.4. The lowest BCUT2D eigenvalue weighted by Gasteiger charge is -2.32. The maximum absolute atomic E-state index is 13.4. The van der Waals surface area contributed by atoms with Gasteiger partial charge in [-0.2, -0.15) is 0 Å². The first-order valence-electron chi connectivity index (χ1n) is 12.4. The van der Waals surface area contributed by atoms with Crippen LogP contribution in [0.25, 0.3) is 11.4 Å². The second-order valence-corrected chi connectivity index (χ2v) is 8.54. The summed E-state index contributed by atoms with van der Waals surface area (Å²) < 4.78 is 10.2. The van der Waals surface area contributed by atoms with Gasteiger partial charge in [-0.3, -0.25) is 14.4 Å². The molecule has 0 saturated heterocycles. The first-order chi connectivity index (χ1) is 18.0. The molecule has 2 amide bonds. The van der Waals surface area contributed by atoms with E-state index in [1.807, 2.05) is 55.5 Å². The summed E-state index contributed by atoms with van der Waals surface area (Å²) in [6.45, 7) is 4.20. The van der Waals surface area contributed by atoms with Gasteiger partial charge in [-0.25, -0.2) is 5.84 Å². The Bertz CT molecular complexity index is 1120. The number of fused-ring (bicyclic) bond motifs is 2. The zero-order chi connectivity index (χ0) is 26.6. The smallest absolute Gasteiger partial charge is 0.293 e. The maximum atomic E-state index is 13.4. The number of para-hydroxylation sites is 1. The van der Waals surface area contributed by atoms with Crippen LogP contribution in [0.15, 0.2) is 48.5 Å². The van der Waals surface area contributed by atoms with E-state index in [1.54, 1.807) is 4.90 Å². The number of carbonyl (C=O) groups excluding carboxylic acids is 3. The quantitative estimate of drug-likeness (QED) is 0.161. The van der Waals surface area contributed by atoms with Gasteiger partial charge in [0.05, 0.1) is 36.8 Å². The molecule has 1 heterocycles. The Morgan fingerprint density at radius 2 is 1.78 bits per heavy atom. The third-order valence-electron chi connectivity index (χ3n) is 5.93. The highest BCUT2D eigenvalue weighted by Crippen LogP contribution is 2.36. The van der Waals surface area contributed by atoms with E-state index in [4.69, 9.17) is 21.1 Å². The van der Waals surface area contributed by atoms with Crippen molar-refractivity contribution in [1.82, 2.24) is 10.3 Å². The fraction of sp³-hybridized carbons (Fsp3) is 0.370. The zero-order valence-corrected chi connectivity index (χ0v) is 21.2. The fourth-order valence-electron chi connectivity index (χ4n) is 4.14. The van der Waals surface area contributed by atoms with Crippen LogP contribution in [0.1, 0.15) is 42.9 Å². The highest BCUT2D eigenvalue weighted by molar-refractivity contribution is 6.01. The number of ether oxygens (including phenoxy) is 2. The molecular weight excluding hydrogens is 474 g/mol. The lowest BCUT2D eigenvalue weighted by molar-refractivity contribution is -0.129. The van der Waals surface area contributed by atoms with Crippen LogP contribution in [0.5, 0.6) is 0 Å². The number of nitrogens with one attached hydrogen (secondary N) is 1. The van der Waals surface area contributed by atoms with Crippen LogP contribution < -0.4 is 21.8 Å². The van der Waals surface area contributed by atoms with Crippen LogP contribution >= 0.6 is 0 Å². The van der Waals surface area contributed by atoms with Crippen molar-refractivity contribution < 1.29 is 23.9 Å². The predicted molar refractivity (Wildman–Crippen MR) is 141 cm³/mol. The van der Waals surface area contributed by atoms with Crippen LogP contribution in [0.2, 0.25) is 0 Å². The highest BCUT2D eigenvalue weighted by atomic mass is 16.5. The van der Waals surface area contributed by atoms with Crippen LogP contribution in [-0.2, 0) is 30.4 Å². The molecule has 37 heavy (non-hydrogen) atoms. The number of anilines is 1. The molecule has 0 unspecified atom stereocenters. The van der Waals surface area contributed by atoms with Crippen molar-refractivity contribution in [1.29, 1.82) is 0 Å². The van der Waals surface area contributed by atoms with Crippen molar-refractivity contribution in [2.24, 2.45) is 11.6 Å². The van der Waals surface area contributed by atoms with Gasteiger partial charge in [0.2, 0.25) is 11.8 Å². The van der Waals surface area contributed by atoms with Gasteiger partial charge >= 0.3 is 0 Å². The van der Waals surface area contributed by atoms with E-state index in [2.05, 4.69) is 5.32 Å². The number of benzene rings is 2. The number of hydrogen-bond donors (Lipinski definition) is 3. The monoisotopic (exact) mass is 509 g/mol. The van der Waals surface area contributed by atoms with E-state index in [0.29, 0.717) is 48.9 Å². The molecule has 10 heteroatoms. The number of amides is 2. The van der Waals surface area contributed by atoms with E-state index in [-0.39, 0.29) is 44.4 Å². The second kappa shape index (κ2) is 14.0. The van der Waals surface area contributed by atoms with E-state index in [9.17, 15) is 14.4 Å². The number of nitrogens with zero attached hydrogens (tertiary/aromatic N) is 2. The molecule has 198 valence electrons. The van der Waals surface area contributed by atoms with Gasteiger partial charge in [0.1, 0.15) is 6.61 Å². The standard InChI is InChI=1S/C27H35N5O5/c1-2-15-36-16-12-24(34)30-13-11-25(35)31-18-20-7-3-4-8-21(20)27(32(29)14-17-37-19-33)26(28)22-9-5-6-10-23(22)31/h3-10,19H,2,11-18,28-29H2,1H3,(H,30,34)/b27-26-. The third kappa shape index (κ3) is 7.31. The molecule has 3 rings (SSSR count). The van der Waals surface area contributed by atoms with Gasteiger partial charge in [-0.15, -0.1) is 0 Å². The zero-order valence-electron chi connectivity index (χ0n) is 21.2. The van der Waals surface area contributed by atoms with Crippen molar-refractivity contribution >= 4 is 35.4 Å². The summed E-state index contributed by atoms with van der Waals surface area (Å²) in [4.78, 5) is 37.8. The van der Waals surface area contributed by atoms with Crippen LogP contribution in [0, 0.1) is 0 Å². The van der Waals surface area contributed by atoms with E-state index < -0.39 is 0 Å². The Kier molecular flexibility index (Phi) is 10.5. The molecule has 1 aliphatic rings. The van der Waals surface area contributed by atoms with Crippen LogP contribution in [-0.4, -0.2) is 56.2 Å². The van der Waals surface area contributed by atoms with Crippen LogP contribution in [0.3, 0.4) is 0 Å². The van der Waals surface area contributed by atoms with Crippen molar-refractivity contribution in [3.05, 3.63) is 65.2 Å². The second-order valence-electron chi connectivity index (χ2n) is 8.54. The number of hydrazine groups is 1. The highest BCUT2D eigenvalue weighted by Gasteiger charge is 2.27. The summed E-state index contributed by atoms with van der Waals surface area (Å²) in [7, 11) is 0. The van der Waals surface area contributed by atoms with Crippen LogP contribution in [0.4, 0.5) is 5.69 Å². The molecule has 0 spiro atoms. The molecule has 1 aliphatic heterocycles. The Labute approximate surface area is 217 Å². The summed E-state index contributed by atoms with van der Waals surface area (Å²) >= 11 is 0. The molecule has 2 aromatic carbocycles. The molecule has 0 saturated carbocycles. The van der Waals surface area contributed by atoms with Crippen molar-refractivity contribution in [2.45, 2.75) is 32.7 Å². The largest absolute Gasteiger partial charge is 0.466 e. The molecule has 0 aromatic heterocycles. The molecule has 0 bridgehead atoms. The lowest BCUT2D eigenvalue weighted by atomic mass is 9.95. The van der Waals surface area contributed by atoms with E-state index >= 15 is 0 Å². The SMILES string of the molecule is CCCOCCC(=O)NCCC(=O)N1Cc2ccccc2/C(N(N)CCOC=O)=C(/N)c2ccccc21. The fourth-order valence-corrected chi connectivity index (χ4v) is 4.14. The minimum atomic E-state index is -0.152. The van der Waals surface area contributed by atoms with Crippen molar-refractivity contribution in [3.8, 4) is 0 Å². The third-order valence-corrected chi connectivity index (χ3v) is 5.93. The normalized spacial score (nSPS) is 14.6. The average molecular weight is 510 g/mol. The van der Waals surface area contributed by atoms with Gasteiger partial charge in [0.15, 0.2) is 0 Å². The predicted octanol–water partition coefficient (Wildman–Crippen LogP) is 1.99. The minimum absolute atomic E-state index is 0.0989. The van der Waals surface area contributed by atoms with Gasteiger partial charge in [-0.05, 0) is 18.1 Å². The Balaban J connectivity index is 1.85. The number of hydrogen-bond acceptors (Lipinski definition) is 8. The number of carbonyl (C=O) groups is 3. The molecule has 0 fully saturated rings. The summed E-state index contributed by atoms with van der Waals surface area (Å²) in [6, 6.07) is 15.0. The molecule has 10 nitrogen and oxygen atoms in total. The van der Waals surface area contributed by atoms with Gasteiger partial charge in [-0.1, -0.05) is 49.4 Å². The summed E-state index contributed by atoms with van der Waals surface area (Å²) in [6.07, 6.45) is 1.28. The average Bonchev–Trinajstić information content (AvgIpc) is 2.90. The Morgan fingerprint density at radius 3 is 2.54 bits per heavy atom. The Hall–Kier alpha value is -3.89. The molecule has 0 aliphatic carbocycles.